The van der Waals surface area contributed by atoms with E-state index in [-0.39, 0.29) is 6.29 Å². The van der Waals surface area contributed by atoms with Gasteiger partial charge in [-0.05, 0) is 79.5 Å². The third kappa shape index (κ3) is 6.01. The molecule has 0 N–H and O–H groups in total. The summed E-state index contributed by atoms with van der Waals surface area (Å²) in [5.41, 5.74) is 2.61. The van der Waals surface area contributed by atoms with E-state index < -0.39 is 0 Å². The molecule has 2 aliphatic rings. The van der Waals surface area contributed by atoms with Gasteiger partial charge in [0.05, 0.1) is 6.61 Å². The Bertz CT molecular complexity index is 810. The first kappa shape index (κ1) is 22.1. The van der Waals surface area contributed by atoms with Gasteiger partial charge in [0.15, 0.2) is 0 Å². The molecule has 1 fully saturated rings. The van der Waals surface area contributed by atoms with E-state index in [4.69, 9.17) is 9.47 Å². The van der Waals surface area contributed by atoms with Crippen molar-refractivity contribution in [3.05, 3.63) is 77.9 Å². The molecule has 2 aromatic rings. The number of hydrogen-bond donors (Lipinski definition) is 0. The summed E-state index contributed by atoms with van der Waals surface area (Å²) >= 11 is 0. The zero-order valence-corrected chi connectivity index (χ0v) is 19.2. The predicted octanol–water partition coefficient (Wildman–Crippen LogP) is 7.89. The van der Waals surface area contributed by atoms with E-state index in [1.54, 1.807) is 0 Å². The minimum absolute atomic E-state index is 0.251. The highest BCUT2D eigenvalue weighted by atomic mass is 16.7. The van der Waals surface area contributed by atoms with Gasteiger partial charge in [-0.15, -0.1) is 0 Å². The smallest absolute Gasteiger partial charge is 0.206 e. The average molecular weight is 419 g/mol. The molecule has 2 nitrogen and oxygen atoms in total. The van der Waals surface area contributed by atoms with E-state index in [0.717, 1.165) is 17.6 Å². The van der Waals surface area contributed by atoms with Crippen molar-refractivity contribution < 1.29 is 9.47 Å². The van der Waals surface area contributed by atoms with Gasteiger partial charge in [-0.1, -0.05) is 74.9 Å². The lowest BCUT2D eigenvalue weighted by Crippen LogP contribution is -2.30. The first-order valence-corrected chi connectivity index (χ1v) is 12.4. The Labute approximate surface area is 188 Å². The molecular formula is C29H38O2. The summed E-state index contributed by atoms with van der Waals surface area (Å²) in [5.74, 6) is 3.43. The molecule has 166 valence electrons. The van der Waals surface area contributed by atoms with Crippen LogP contribution in [0.1, 0.15) is 75.8 Å². The van der Waals surface area contributed by atoms with Gasteiger partial charge in [-0.3, -0.25) is 0 Å². The molecule has 0 radical (unpaired) electrons. The van der Waals surface area contributed by atoms with Crippen LogP contribution in [0.25, 0.3) is 0 Å². The van der Waals surface area contributed by atoms with Gasteiger partial charge in [-0.2, -0.15) is 0 Å². The third-order valence-electron chi connectivity index (χ3n) is 7.16. The van der Waals surface area contributed by atoms with Crippen molar-refractivity contribution in [2.24, 2.45) is 17.8 Å². The fraction of sp³-hybridized carbons (Fsp3) is 0.517. The fourth-order valence-electron chi connectivity index (χ4n) is 5.37. The van der Waals surface area contributed by atoms with Crippen molar-refractivity contribution in [2.45, 2.75) is 77.6 Å². The molecule has 5 atom stereocenters. The van der Waals surface area contributed by atoms with Gasteiger partial charge in [0.25, 0.3) is 0 Å². The molecule has 2 heteroatoms. The Morgan fingerprint density at radius 3 is 2.45 bits per heavy atom. The maximum absolute atomic E-state index is 6.49. The average Bonchev–Trinajstić information content (AvgIpc) is 3.15. The minimum Gasteiger partial charge on any atom is -0.464 e. The van der Waals surface area contributed by atoms with Gasteiger partial charge in [0.1, 0.15) is 5.75 Å². The Morgan fingerprint density at radius 2 is 1.71 bits per heavy atom. The van der Waals surface area contributed by atoms with Crippen LogP contribution in [0, 0.1) is 17.8 Å². The van der Waals surface area contributed by atoms with Crippen LogP contribution in [0.4, 0.5) is 0 Å². The maximum atomic E-state index is 6.49. The summed E-state index contributed by atoms with van der Waals surface area (Å²) in [4.78, 5) is 0. The molecular weight excluding hydrogens is 380 g/mol. The second-order valence-electron chi connectivity index (χ2n) is 9.47. The quantitative estimate of drug-likeness (QED) is 0.288. The van der Waals surface area contributed by atoms with Crippen molar-refractivity contribution >= 4 is 0 Å². The van der Waals surface area contributed by atoms with E-state index in [2.05, 4.69) is 74.5 Å². The van der Waals surface area contributed by atoms with Crippen molar-refractivity contribution in [1.82, 2.24) is 0 Å². The molecule has 2 bridgehead atoms. The van der Waals surface area contributed by atoms with Crippen LogP contribution in [0.3, 0.4) is 0 Å². The molecule has 1 saturated carbocycles. The summed E-state index contributed by atoms with van der Waals surface area (Å²) in [7, 11) is 0. The first-order chi connectivity index (χ1) is 15.2. The van der Waals surface area contributed by atoms with Crippen molar-refractivity contribution in [2.75, 3.05) is 0 Å². The summed E-state index contributed by atoms with van der Waals surface area (Å²) in [5, 5.41) is 0. The van der Waals surface area contributed by atoms with Crippen LogP contribution in [0.15, 0.2) is 66.7 Å². The Hall–Kier alpha value is -2.06. The van der Waals surface area contributed by atoms with E-state index in [1.807, 2.05) is 6.07 Å². The highest BCUT2D eigenvalue weighted by Crippen LogP contribution is 2.40. The fourth-order valence-corrected chi connectivity index (χ4v) is 5.37. The van der Waals surface area contributed by atoms with Crippen molar-refractivity contribution in [1.29, 1.82) is 0 Å². The monoisotopic (exact) mass is 418 g/mol. The molecule has 0 amide bonds. The molecule has 4 rings (SSSR count). The van der Waals surface area contributed by atoms with E-state index >= 15 is 0 Å². The highest BCUT2D eigenvalue weighted by Gasteiger charge is 2.32. The highest BCUT2D eigenvalue weighted by molar-refractivity contribution is 5.29. The molecule has 31 heavy (non-hydrogen) atoms. The van der Waals surface area contributed by atoms with Crippen LogP contribution >= 0.6 is 0 Å². The largest absolute Gasteiger partial charge is 0.464 e. The number of hydrogen-bond acceptors (Lipinski definition) is 2. The van der Waals surface area contributed by atoms with Gasteiger partial charge in [0, 0.05) is 5.92 Å². The van der Waals surface area contributed by atoms with Crippen LogP contribution in [-0.4, -0.2) is 6.29 Å². The lowest BCUT2D eigenvalue weighted by molar-refractivity contribution is -0.117. The van der Waals surface area contributed by atoms with Crippen LogP contribution in [-0.2, 0) is 11.3 Å². The minimum atomic E-state index is -0.251. The molecule has 0 spiro atoms. The number of allylic oxidation sites excluding steroid dienone is 1. The van der Waals surface area contributed by atoms with Gasteiger partial charge >= 0.3 is 0 Å². The normalized spacial score (nSPS) is 24.5. The topological polar surface area (TPSA) is 18.5 Å². The summed E-state index contributed by atoms with van der Waals surface area (Å²) in [6.07, 6.45) is 13.4. The van der Waals surface area contributed by atoms with Crippen molar-refractivity contribution in [3.63, 3.8) is 0 Å². The lowest BCUT2D eigenvalue weighted by Gasteiger charge is -2.28. The summed E-state index contributed by atoms with van der Waals surface area (Å²) in [6.45, 7) is 5.13. The predicted molar refractivity (Wildman–Crippen MR) is 128 cm³/mol. The molecule has 0 saturated heterocycles. The number of ether oxygens (including phenoxy) is 2. The third-order valence-corrected chi connectivity index (χ3v) is 7.16. The SMILES string of the molecule is CCCC(CC)c1ccc(OC(OCc2ccccc2)C2C=CC3CCC(C3)C2)cc1. The lowest BCUT2D eigenvalue weighted by atomic mass is 9.92. The van der Waals surface area contributed by atoms with Crippen molar-refractivity contribution in [3.8, 4) is 5.75 Å². The zero-order chi connectivity index (χ0) is 21.5. The molecule has 0 heterocycles. The Morgan fingerprint density at radius 1 is 0.903 bits per heavy atom. The van der Waals surface area contributed by atoms with Gasteiger partial charge in [-0.25, -0.2) is 0 Å². The van der Waals surface area contributed by atoms with Gasteiger partial charge < -0.3 is 9.47 Å². The zero-order valence-electron chi connectivity index (χ0n) is 19.2. The molecule has 2 aromatic carbocycles. The summed E-state index contributed by atoms with van der Waals surface area (Å²) in [6, 6.07) is 19.2. The van der Waals surface area contributed by atoms with Crippen LogP contribution in [0.5, 0.6) is 5.75 Å². The number of benzene rings is 2. The van der Waals surface area contributed by atoms with Gasteiger partial charge in [0.2, 0.25) is 6.29 Å². The Kier molecular flexibility index (Phi) is 7.86. The summed E-state index contributed by atoms with van der Waals surface area (Å²) < 4.78 is 12.9. The molecule has 5 unspecified atom stereocenters. The molecule has 0 aliphatic heterocycles. The number of fused-ring (bicyclic) bond motifs is 2. The van der Waals surface area contributed by atoms with Crippen LogP contribution in [0.2, 0.25) is 0 Å². The second-order valence-corrected chi connectivity index (χ2v) is 9.47. The van der Waals surface area contributed by atoms with E-state index in [1.165, 1.54) is 56.1 Å². The Balaban J connectivity index is 1.47. The molecule has 0 aromatic heterocycles. The maximum Gasteiger partial charge on any atom is 0.206 e. The number of rotatable bonds is 10. The standard InChI is InChI=1S/C29H38O2/c1-3-8-25(4-2)26-15-17-28(18-16-26)31-29(30-21-23-9-6-5-7-10-23)27-14-13-22-11-12-24(19-22)20-27/h5-7,9-10,13-18,22,24-25,27,29H,3-4,8,11-12,19-21H2,1-2H3. The molecule has 2 aliphatic carbocycles. The van der Waals surface area contributed by atoms with E-state index in [9.17, 15) is 0 Å². The van der Waals surface area contributed by atoms with E-state index in [0.29, 0.717) is 18.4 Å². The van der Waals surface area contributed by atoms with Crippen LogP contribution < -0.4 is 4.74 Å². The second kappa shape index (κ2) is 11.0. The first-order valence-electron chi connectivity index (χ1n) is 12.4.